The summed E-state index contributed by atoms with van der Waals surface area (Å²) in [5.41, 5.74) is 2.10. The molecule has 3 nitrogen and oxygen atoms in total. The monoisotopic (exact) mass is 252 g/mol. The molecule has 0 radical (unpaired) electrons. The Morgan fingerprint density at radius 1 is 1.50 bits per heavy atom. The summed E-state index contributed by atoms with van der Waals surface area (Å²) >= 11 is 0. The Hall–Kier alpha value is -1.13. The van der Waals surface area contributed by atoms with Crippen molar-refractivity contribution in [3.05, 3.63) is 29.6 Å². The fraction of sp³-hybridized carbons (Fsp3) is 0.571. The van der Waals surface area contributed by atoms with Crippen LogP contribution in [0.2, 0.25) is 0 Å². The van der Waals surface area contributed by atoms with Gasteiger partial charge in [-0.2, -0.15) is 0 Å². The molecule has 1 heterocycles. The molecule has 1 aromatic carbocycles. The van der Waals surface area contributed by atoms with Crippen molar-refractivity contribution < 1.29 is 9.13 Å². The summed E-state index contributed by atoms with van der Waals surface area (Å²) in [6.45, 7) is 5.20. The third-order valence-electron chi connectivity index (χ3n) is 3.44. The van der Waals surface area contributed by atoms with Gasteiger partial charge >= 0.3 is 0 Å². The van der Waals surface area contributed by atoms with Crippen LogP contribution in [-0.4, -0.2) is 32.8 Å². The molecule has 1 fully saturated rings. The second-order valence-electron chi connectivity index (χ2n) is 4.68. The Morgan fingerprint density at radius 3 is 3.00 bits per heavy atom. The number of hydrogen-bond acceptors (Lipinski definition) is 3. The molecule has 100 valence electrons. The van der Waals surface area contributed by atoms with Crippen molar-refractivity contribution in [2.45, 2.75) is 25.9 Å². The Bertz CT molecular complexity index is 391. The zero-order chi connectivity index (χ0) is 13.0. The van der Waals surface area contributed by atoms with Crippen LogP contribution in [-0.2, 0) is 11.3 Å². The molecule has 18 heavy (non-hydrogen) atoms. The summed E-state index contributed by atoms with van der Waals surface area (Å²) in [6, 6.07) is 5.40. The lowest BCUT2D eigenvalue weighted by Crippen LogP contribution is -2.33. The molecule has 0 bridgehead atoms. The van der Waals surface area contributed by atoms with Crippen molar-refractivity contribution in [2.24, 2.45) is 0 Å². The first-order valence-electron chi connectivity index (χ1n) is 6.52. The highest BCUT2D eigenvalue weighted by Crippen LogP contribution is 2.25. The standard InChI is InChI=1S/C14H21FN2O/c1-3-16-9-11-8-12(15)4-5-14(11)17(2)13-6-7-18-10-13/h4-5,8,13,16H,3,6-7,9-10H2,1-2H3. The molecule has 1 saturated heterocycles. The lowest BCUT2D eigenvalue weighted by atomic mass is 10.1. The van der Waals surface area contributed by atoms with Crippen LogP contribution in [0.15, 0.2) is 18.2 Å². The van der Waals surface area contributed by atoms with Gasteiger partial charge in [0.15, 0.2) is 0 Å². The largest absolute Gasteiger partial charge is 0.379 e. The molecule has 1 atom stereocenters. The summed E-state index contributed by atoms with van der Waals surface area (Å²) in [7, 11) is 2.06. The average molecular weight is 252 g/mol. The summed E-state index contributed by atoms with van der Waals surface area (Å²) in [5, 5.41) is 3.25. The first-order valence-corrected chi connectivity index (χ1v) is 6.52. The number of ether oxygens (including phenoxy) is 1. The molecule has 1 aliphatic rings. The van der Waals surface area contributed by atoms with Crippen LogP contribution in [0, 0.1) is 5.82 Å². The maximum absolute atomic E-state index is 13.3. The molecule has 0 aromatic heterocycles. The lowest BCUT2D eigenvalue weighted by molar-refractivity contribution is 0.193. The van der Waals surface area contributed by atoms with E-state index in [1.165, 1.54) is 6.07 Å². The smallest absolute Gasteiger partial charge is 0.123 e. The van der Waals surface area contributed by atoms with Gasteiger partial charge in [0.05, 0.1) is 12.6 Å². The van der Waals surface area contributed by atoms with E-state index in [-0.39, 0.29) is 5.82 Å². The number of nitrogens with zero attached hydrogens (tertiary/aromatic N) is 1. The first kappa shape index (κ1) is 13.3. The molecular weight excluding hydrogens is 231 g/mol. The Morgan fingerprint density at radius 2 is 2.33 bits per heavy atom. The molecule has 1 aliphatic heterocycles. The fourth-order valence-electron chi connectivity index (χ4n) is 2.32. The van der Waals surface area contributed by atoms with Gasteiger partial charge in [0.1, 0.15) is 5.82 Å². The summed E-state index contributed by atoms with van der Waals surface area (Å²) in [5.74, 6) is -0.178. The normalized spacial score (nSPS) is 19.2. The van der Waals surface area contributed by atoms with Gasteiger partial charge in [-0.05, 0) is 36.7 Å². The maximum atomic E-state index is 13.3. The van der Waals surface area contributed by atoms with Crippen LogP contribution in [0.25, 0.3) is 0 Å². The summed E-state index contributed by atoms with van der Waals surface area (Å²) < 4.78 is 18.8. The number of hydrogen-bond donors (Lipinski definition) is 1. The molecule has 1 aromatic rings. The van der Waals surface area contributed by atoms with Gasteiger partial charge in [-0.3, -0.25) is 0 Å². The van der Waals surface area contributed by atoms with E-state index in [1.54, 1.807) is 6.07 Å². The molecule has 0 saturated carbocycles. The van der Waals surface area contributed by atoms with Crippen molar-refractivity contribution in [1.29, 1.82) is 0 Å². The Labute approximate surface area is 108 Å². The zero-order valence-corrected chi connectivity index (χ0v) is 11.1. The van der Waals surface area contributed by atoms with E-state index in [2.05, 4.69) is 17.3 Å². The molecule has 0 amide bonds. The summed E-state index contributed by atoms with van der Waals surface area (Å²) in [4.78, 5) is 2.21. The minimum absolute atomic E-state index is 0.178. The van der Waals surface area contributed by atoms with Gasteiger partial charge in [-0.15, -0.1) is 0 Å². The van der Waals surface area contributed by atoms with Gasteiger partial charge in [0.2, 0.25) is 0 Å². The van der Waals surface area contributed by atoms with E-state index >= 15 is 0 Å². The van der Waals surface area contributed by atoms with Crippen LogP contribution in [0.1, 0.15) is 18.9 Å². The van der Waals surface area contributed by atoms with Crippen molar-refractivity contribution in [3.63, 3.8) is 0 Å². The second kappa shape index (κ2) is 6.16. The molecule has 0 spiro atoms. The van der Waals surface area contributed by atoms with Crippen molar-refractivity contribution in [2.75, 3.05) is 31.7 Å². The first-order chi connectivity index (χ1) is 8.72. The van der Waals surface area contributed by atoms with Gasteiger partial charge in [0.25, 0.3) is 0 Å². The van der Waals surface area contributed by atoms with Crippen LogP contribution >= 0.6 is 0 Å². The predicted octanol–water partition coefficient (Wildman–Crippen LogP) is 2.16. The van der Waals surface area contributed by atoms with Crippen LogP contribution in [0.5, 0.6) is 0 Å². The minimum atomic E-state index is -0.178. The number of anilines is 1. The number of halogens is 1. The Kier molecular flexibility index (Phi) is 4.55. The van der Waals surface area contributed by atoms with Gasteiger partial charge < -0.3 is 15.0 Å². The van der Waals surface area contributed by atoms with E-state index in [9.17, 15) is 4.39 Å². The number of benzene rings is 1. The quantitative estimate of drug-likeness (QED) is 0.869. The molecule has 1 N–H and O–H groups in total. The number of likely N-dealkylation sites (N-methyl/N-ethyl adjacent to an activating group) is 1. The molecule has 1 unspecified atom stereocenters. The van der Waals surface area contributed by atoms with Crippen LogP contribution in [0.4, 0.5) is 10.1 Å². The van der Waals surface area contributed by atoms with Crippen LogP contribution in [0.3, 0.4) is 0 Å². The average Bonchev–Trinajstić information content (AvgIpc) is 2.89. The highest BCUT2D eigenvalue weighted by Gasteiger charge is 2.22. The molecular formula is C14H21FN2O. The number of rotatable bonds is 5. The minimum Gasteiger partial charge on any atom is -0.379 e. The topological polar surface area (TPSA) is 24.5 Å². The molecule has 4 heteroatoms. The Balaban J connectivity index is 2.18. The van der Waals surface area contributed by atoms with E-state index in [4.69, 9.17) is 4.74 Å². The van der Waals surface area contributed by atoms with E-state index in [0.717, 1.165) is 37.4 Å². The number of nitrogens with one attached hydrogen (secondary N) is 1. The van der Waals surface area contributed by atoms with Gasteiger partial charge in [-0.25, -0.2) is 4.39 Å². The second-order valence-corrected chi connectivity index (χ2v) is 4.68. The van der Waals surface area contributed by atoms with E-state index < -0.39 is 0 Å². The van der Waals surface area contributed by atoms with E-state index in [1.807, 2.05) is 13.0 Å². The predicted molar refractivity (Wildman–Crippen MR) is 71.4 cm³/mol. The van der Waals surface area contributed by atoms with E-state index in [0.29, 0.717) is 12.6 Å². The molecule has 0 aliphatic carbocycles. The highest BCUT2D eigenvalue weighted by molar-refractivity contribution is 5.54. The third-order valence-corrected chi connectivity index (χ3v) is 3.44. The fourth-order valence-corrected chi connectivity index (χ4v) is 2.32. The maximum Gasteiger partial charge on any atom is 0.123 e. The lowest BCUT2D eigenvalue weighted by Gasteiger charge is -2.28. The van der Waals surface area contributed by atoms with Crippen molar-refractivity contribution >= 4 is 5.69 Å². The van der Waals surface area contributed by atoms with Gasteiger partial charge in [0, 0.05) is 25.9 Å². The summed E-state index contributed by atoms with van der Waals surface area (Å²) in [6.07, 6.45) is 1.04. The van der Waals surface area contributed by atoms with Crippen molar-refractivity contribution in [1.82, 2.24) is 5.32 Å². The van der Waals surface area contributed by atoms with Crippen LogP contribution < -0.4 is 10.2 Å². The third kappa shape index (κ3) is 3.00. The van der Waals surface area contributed by atoms with Crippen molar-refractivity contribution in [3.8, 4) is 0 Å². The SMILES string of the molecule is CCNCc1cc(F)ccc1N(C)C1CCOC1. The highest BCUT2D eigenvalue weighted by atomic mass is 19.1. The van der Waals surface area contributed by atoms with Gasteiger partial charge in [-0.1, -0.05) is 6.92 Å². The molecule has 2 rings (SSSR count). The zero-order valence-electron chi connectivity index (χ0n) is 11.1.